The first-order valence-electron chi connectivity index (χ1n) is 0. The van der Waals surface area contributed by atoms with Crippen LogP contribution in [0, 0.1) is 0 Å². The van der Waals surface area contributed by atoms with E-state index in [1.165, 1.54) is 0 Å². The second-order valence-electron chi connectivity index (χ2n) is 0. The van der Waals surface area contributed by atoms with Gasteiger partial charge in [-0.25, -0.2) is 0 Å². The third kappa shape index (κ3) is 357. The van der Waals surface area contributed by atoms with Gasteiger partial charge in [0.1, 0.15) is 0 Å². The minimum absolute atomic E-state index is 0. The van der Waals surface area contributed by atoms with Crippen LogP contribution >= 0.6 is 0 Å². The van der Waals surface area contributed by atoms with E-state index in [0.29, 0.717) is 0 Å². The Labute approximate surface area is 1590 Å². The van der Waals surface area contributed by atoms with E-state index in [9.17, 15) is 0 Å². The van der Waals surface area contributed by atoms with E-state index in [-0.39, 0.29) is 1660 Å². The van der Waals surface area contributed by atoms with Gasteiger partial charge in [0.25, 0.3) is 0 Å². The summed E-state index contributed by atoms with van der Waals surface area (Å²) in [5, 5.41) is 0. The van der Waals surface area contributed by atoms with E-state index in [4.69, 9.17) is 0 Å². The first-order chi connectivity index (χ1) is 0. The van der Waals surface area contributed by atoms with Crippen LogP contribution in [-0.2, 0) is 38.3 Å². The van der Waals surface area contributed by atoms with E-state index in [0.717, 1.165) is 0 Å². The zero-order valence-corrected chi connectivity index (χ0v) is 128. The zero-order valence-electron chi connectivity index (χ0n) is 33.3. The van der Waals surface area contributed by atoms with Crippen LogP contribution in [0.5, 0.6) is 0 Å². The van der Waals surface area contributed by atoms with Gasteiger partial charge in [-0.05, 0) is 0 Å². The van der Waals surface area contributed by atoms with Crippen LogP contribution in [0.2, 0.25) is 0 Å². The molecule has 0 aliphatic rings. The smallest absolute Gasteiger partial charge is 2.00 e. The van der Waals surface area contributed by atoms with E-state index < -0.39 is 0 Å². The van der Waals surface area contributed by atoms with Crippen LogP contribution in [0.1, 0.15) is 0 Å². The molecule has 7 nitrogen and oxygen atoms in total. The van der Waals surface area contributed by atoms with Crippen LogP contribution < -0.4 is 0 Å². The van der Waals surface area contributed by atoms with Crippen molar-refractivity contribution in [3.63, 3.8) is 0 Å². The Kier molecular flexibility index (Phi) is 2790. The summed E-state index contributed by atoms with van der Waals surface area (Å²) in [4.78, 5) is 0. The summed E-state index contributed by atoms with van der Waals surface area (Å²) >= 11 is 0. The molecule has 0 saturated carbocycles. The van der Waals surface area contributed by atoms with Crippen molar-refractivity contribution >= 4 is 1620 Å². The molecule has 0 amide bonds. The second-order valence-corrected chi connectivity index (χ2v) is 0. The fraction of sp³-hybridized carbons (Fsp3) is 0. The van der Waals surface area contributed by atoms with Crippen molar-refractivity contribution in [1.29, 1.82) is 0 Å². The van der Waals surface area contributed by atoms with Gasteiger partial charge >= 0.3 is 1620 Å². The molecule has 0 aromatic rings. The molecule has 0 saturated heterocycles. The predicted molar refractivity (Wildman–Crippen MR) is 252 cm³/mol. The van der Waals surface area contributed by atoms with E-state index in [1.54, 1.807) is 0 Å². The van der Waals surface area contributed by atoms with Crippen molar-refractivity contribution < 1.29 is 38.3 Å². The third-order valence-electron chi connectivity index (χ3n) is 0. The third-order valence-corrected chi connectivity index (χ3v) is 0. The van der Waals surface area contributed by atoms with Crippen LogP contribution in [0.15, 0.2) is 0 Å². The Hall–Kier alpha value is 53.9. The van der Waals surface area contributed by atoms with Crippen LogP contribution in [-0.4, -0.2) is 1620 Å². The largest absolute Gasteiger partial charge is 2.00 e. The quantitative estimate of drug-likeness (QED) is 0.208. The van der Waals surface area contributed by atoms with Crippen molar-refractivity contribution in [1.82, 2.24) is 0 Å². The topological polar surface area (TPSA) is 200 Å². The fourth-order valence-corrected chi connectivity index (χ4v) is 0. The molecule has 0 radical (unpaired) electrons. The molecule has 0 spiro atoms. The Morgan fingerprint density at radius 3 is 0.0400 bits per heavy atom. The van der Waals surface area contributed by atoms with Gasteiger partial charge in [-0.3, -0.25) is 0 Å². The molecule has 56 valence electrons. The molecular weight excluding hydrogens is 1840 g/mol. The molecule has 0 N–H and O–H groups in total. The van der Waals surface area contributed by atoms with Crippen LogP contribution in [0.25, 0.3) is 0 Å². The average molecular weight is 1840 g/mol. The molecule has 0 unspecified atom stereocenters. The standard InChI is InChI=1S/43Ca.7O/q43*+2;7*-2. The predicted octanol–water partition coefficient (Wildman–Crippen LogP) is -17.2. The van der Waals surface area contributed by atoms with Crippen molar-refractivity contribution in [2.75, 3.05) is 0 Å². The Balaban J connectivity index is 0. The first kappa shape index (κ1) is 379. The Bertz CT molecular complexity index is 29.2. The zero-order chi connectivity index (χ0) is 0. The van der Waals surface area contributed by atoms with Crippen LogP contribution in [0.3, 0.4) is 0 Å². The molecule has 0 rings (SSSR count). The van der Waals surface area contributed by atoms with Gasteiger partial charge in [-0.15, -0.1) is 0 Å². The van der Waals surface area contributed by atoms with Crippen molar-refractivity contribution in [2.24, 2.45) is 0 Å². The van der Waals surface area contributed by atoms with E-state index in [2.05, 4.69) is 0 Å². The summed E-state index contributed by atoms with van der Waals surface area (Å²) in [6.07, 6.45) is 0. The minimum Gasteiger partial charge on any atom is -2.00 e. The van der Waals surface area contributed by atoms with Crippen LogP contribution in [0.4, 0.5) is 0 Å². The molecule has 50 heteroatoms. The second kappa shape index (κ2) is 368. The van der Waals surface area contributed by atoms with Gasteiger partial charge in [0, 0.05) is 0 Å². The van der Waals surface area contributed by atoms with Crippen molar-refractivity contribution in [3.05, 3.63) is 0 Å². The average Bonchev–Trinajstić information content (AvgIpc) is 0. The first-order valence-corrected chi connectivity index (χ1v) is 0. The summed E-state index contributed by atoms with van der Waals surface area (Å²) in [6.45, 7) is 0. The molecule has 0 aromatic heterocycles. The maximum Gasteiger partial charge on any atom is 2.00 e. The number of rotatable bonds is 0. The minimum atomic E-state index is 0. The van der Waals surface area contributed by atoms with Crippen molar-refractivity contribution in [3.8, 4) is 0 Å². The molecule has 0 fully saturated rings. The summed E-state index contributed by atoms with van der Waals surface area (Å²) in [6, 6.07) is 0. The van der Waals surface area contributed by atoms with Gasteiger partial charge in [-0.2, -0.15) is 0 Å². The van der Waals surface area contributed by atoms with Gasteiger partial charge in [0.15, 0.2) is 0 Å². The Morgan fingerprint density at radius 1 is 0.0400 bits per heavy atom. The van der Waals surface area contributed by atoms with Gasteiger partial charge in [0.2, 0.25) is 0 Å². The number of hydrogen-bond donors (Lipinski definition) is 0. The maximum absolute atomic E-state index is 0. The monoisotopic (exact) mass is 1830 g/mol. The SMILES string of the molecule is [Ca+2].[Ca+2].[Ca+2].[Ca+2].[Ca+2].[Ca+2].[Ca+2].[Ca+2].[Ca+2].[Ca+2].[Ca+2].[Ca+2].[Ca+2].[Ca+2].[Ca+2].[Ca+2].[Ca+2].[Ca+2].[Ca+2].[Ca+2].[Ca+2].[Ca+2].[Ca+2].[Ca+2].[Ca+2].[Ca+2].[Ca+2].[Ca+2].[Ca+2].[Ca+2].[Ca+2].[Ca+2].[Ca+2].[Ca+2].[Ca+2].[Ca+2].[Ca+2].[Ca+2].[Ca+2].[Ca+2].[Ca+2].[Ca+2].[Ca+2].[O-2].[O-2].[O-2].[O-2].[O-2].[O-2].[O-2]. The molecular formula is Ca43O7+72. The summed E-state index contributed by atoms with van der Waals surface area (Å²) in [5.41, 5.74) is 0. The molecule has 50 heavy (non-hydrogen) atoms. The molecule has 0 heterocycles. The molecule has 0 bridgehead atoms. The van der Waals surface area contributed by atoms with Crippen molar-refractivity contribution in [2.45, 2.75) is 0 Å². The normalized spacial score (nSPS) is 0. The number of hydrogen-bond acceptors (Lipinski definition) is 0. The summed E-state index contributed by atoms with van der Waals surface area (Å²) in [5.74, 6) is 0. The van der Waals surface area contributed by atoms with Gasteiger partial charge in [0.05, 0.1) is 0 Å². The summed E-state index contributed by atoms with van der Waals surface area (Å²) in [7, 11) is 0. The Morgan fingerprint density at radius 2 is 0.0400 bits per heavy atom. The van der Waals surface area contributed by atoms with E-state index in [1.807, 2.05) is 0 Å². The maximum atomic E-state index is 0. The molecule has 0 atom stereocenters. The molecule has 0 aromatic carbocycles. The molecule has 0 aliphatic heterocycles. The van der Waals surface area contributed by atoms with E-state index >= 15 is 0 Å². The fourth-order valence-electron chi connectivity index (χ4n) is 0. The summed E-state index contributed by atoms with van der Waals surface area (Å²) < 4.78 is 0. The van der Waals surface area contributed by atoms with Gasteiger partial charge in [-0.1, -0.05) is 0 Å². The molecule has 0 aliphatic carbocycles. The van der Waals surface area contributed by atoms with Gasteiger partial charge < -0.3 is 38.3 Å².